The molecular weight excluding hydrogens is 985 g/mol. The van der Waals surface area contributed by atoms with Crippen LogP contribution in [0.5, 0.6) is 0 Å². The Bertz CT molecular complexity index is 4240. The summed E-state index contributed by atoms with van der Waals surface area (Å²) in [6, 6.07) is 109. The summed E-state index contributed by atoms with van der Waals surface area (Å²) in [5.41, 5.74) is 23.0. The predicted molar refractivity (Wildman–Crippen MR) is 332 cm³/mol. The maximum atomic E-state index is 5.21. The van der Waals surface area contributed by atoms with Gasteiger partial charge in [0, 0.05) is 68.8 Å². The fourth-order valence-electron chi connectivity index (χ4n) is 12.5. The third-order valence-electron chi connectivity index (χ3n) is 16.0. The lowest BCUT2D eigenvalue weighted by molar-refractivity contribution is 0.768. The monoisotopic (exact) mass is 1040 g/mol. The minimum Gasteiger partial charge on any atom is -0.310 e. The smallest absolute Gasteiger partial charge is 0.137 e. The molecular formula is C75H52N6. The van der Waals surface area contributed by atoms with Crippen LogP contribution in [0.25, 0.3) is 67.5 Å². The van der Waals surface area contributed by atoms with Crippen molar-refractivity contribution in [3.8, 4) is 56.2 Å². The molecule has 0 saturated carbocycles. The van der Waals surface area contributed by atoms with E-state index in [1.807, 2.05) is 12.1 Å². The highest BCUT2D eigenvalue weighted by molar-refractivity contribution is 5.93. The lowest BCUT2D eigenvalue weighted by Gasteiger charge is -2.35. The molecule has 0 N–H and O–H groups in total. The molecule has 1 aliphatic rings. The number of benzene rings is 10. The molecule has 0 saturated heterocycles. The van der Waals surface area contributed by atoms with E-state index in [0.717, 1.165) is 90.4 Å². The molecule has 0 bridgehead atoms. The van der Waals surface area contributed by atoms with E-state index >= 15 is 0 Å². The molecule has 14 aromatic rings. The molecule has 0 radical (unpaired) electrons. The van der Waals surface area contributed by atoms with Crippen molar-refractivity contribution in [1.29, 1.82) is 0 Å². The second kappa shape index (κ2) is 19.9. The summed E-state index contributed by atoms with van der Waals surface area (Å²) in [6.07, 6.45) is 4.20. The molecule has 81 heavy (non-hydrogen) atoms. The molecule has 4 aromatic heterocycles. The number of nitrogens with zero attached hydrogens (tertiary/aromatic N) is 6. The Hall–Kier alpha value is -10.8. The summed E-state index contributed by atoms with van der Waals surface area (Å²) in [4.78, 5) is 15.2. The van der Waals surface area contributed by atoms with Gasteiger partial charge in [-0.2, -0.15) is 0 Å². The highest BCUT2D eigenvalue weighted by Crippen LogP contribution is 2.58. The standard InChI is InChI=1S/C75H52N6/c1-7-23-55(24-8-1)73-71(76-69-35-19-21-49-78(69)73)53-37-41-61(42-38-53)80(59-31-15-5-16-32-59)63-45-47-65-66-48-46-64(52-68(66)75(67(65)51-63,57-27-11-3-12-28-57)58-29-13-4-14-30-58)81(60-33-17-6-18-34-60)62-43-39-54(40-44-62)72-74(56-25-9-2-10-26-56)79-50-22-20-36-70(79)77-72/h1-52H. The van der Waals surface area contributed by atoms with E-state index in [1.165, 1.54) is 33.4 Å². The Morgan fingerprint density at radius 3 is 0.975 bits per heavy atom. The molecule has 6 nitrogen and oxygen atoms in total. The maximum Gasteiger partial charge on any atom is 0.137 e. The van der Waals surface area contributed by atoms with E-state index in [1.54, 1.807) is 0 Å². The van der Waals surface area contributed by atoms with Gasteiger partial charge in [0.1, 0.15) is 11.3 Å². The van der Waals surface area contributed by atoms with Crippen molar-refractivity contribution >= 4 is 45.4 Å². The van der Waals surface area contributed by atoms with Crippen LogP contribution in [0.3, 0.4) is 0 Å². The van der Waals surface area contributed by atoms with E-state index < -0.39 is 5.41 Å². The number of aromatic nitrogens is 4. The fraction of sp³-hybridized carbons (Fsp3) is 0.0133. The summed E-state index contributed by atoms with van der Waals surface area (Å²) in [5, 5.41) is 0. The molecule has 0 amide bonds. The van der Waals surface area contributed by atoms with Crippen LogP contribution < -0.4 is 9.80 Å². The van der Waals surface area contributed by atoms with Crippen molar-refractivity contribution in [1.82, 2.24) is 18.8 Å². The minimum absolute atomic E-state index is 0.703. The third-order valence-corrected chi connectivity index (χ3v) is 16.0. The van der Waals surface area contributed by atoms with Crippen molar-refractivity contribution in [2.75, 3.05) is 9.80 Å². The van der Waals surface area contributed by atoms with Crippen LogP contribution in [0.1, 0.15) is 22.3 Å². The summed E-state index contributed by atoms with van der Waals surface area (Å²) in [7, 11) is 0. The van der Waals surface area contributed by atoms with Crippen molar-refractivity contribution < 1.29 is 0 Å². The summed E-state index contributed by atoms with van der Waals surface area (Å²) in [5.74, 6) is 0. The second-order valence-electron chi connectivity index (χ2n) is 20.6. The molecule has 6 heteroatoms. The first-order valence-electron chi connectivity index (χ1n) is 27.6. The van der Waals surface area contributed by atoms with Crippen molar-refractivity contribution in [3.05, 3.63) is 338 Å². The Morgan fingerprint density at radius 1 is 0.272 bits per heavy atom. The lowest BCUT2D eigenvalue weighted by Crippen LogP contribution is -2.29. The molecule has 0 aliphatic heterocycles. The second-order valence-corrected chi connectivity index (χ2v) is 20.6. The summed E-state index contributed by atoms with van der Waals surface area (Å²) in [6.45, 7) is 0. The average molecular weight is 1040 g/mol. The molecule has 382 valence electrons. The number of hydrogen-bond donors (Lipinski definition) is 0. The van der Waals surface area contributed by atoms with Crippen LogP contribution in [0, 0.1) is 0 Å². The van der Waals surface area contributed by atoms with Gasteiger partial charge < -0.3 is 9.80 Å². The van der Waals surface area contributed by atoms with Gasteiger partial charge >= 0.3 is 0 Å². The first kappa shape index (κ1) is 47.4. The Labute approximate surface area is 471 Å². The number of rotatable bonds is 12. The largest absolute Gasteiger partial charge is 0.310 e. The minimum atomic E-state index is -0.703. The zero-order valence-electron chi connectivity index (χ0n) is 44.2. The Balaban J connectivity index is 0.880. The number of fused-ring (bicyclic) bond motifs is 5. The van der Waals surface area contributed by atoms with Gasteiger partial charge in [-0.15, -0.1) is 0 Å². The number of imidazole rings is 2. The van der Waals surface area contributed by atoms with Crippen molar-refractivity contribution in [2.24, 2.45) is 0 Å². The average Bonchev–Trinajstić information content (AvgIpc) is 4.43. The van der Waals surface area contributed by atoms with Gasteiger partial charge in [-0.25, -0.2) is 9.97 Å². The zero-order chi connectivity index (χ0) is 53.7. The molecule has 1 aliphatic carbocycles. The van der Waals surface area contributed by atoms with Crippen LogP contribution in [0.2, 0.25) is 0 Å². The summed E-state index contributed by atoms with van der Waals surface area (Å²) < 4.78 is 4.38. The van der Waals surface area contributed by atoms with Gasteiger partial charge in [-0.1, -0.05) is 206 Å². The molecule has 15 rings (SSSR count). The van der Waals surface area contributed by atoms with Gasteiger partial charge in [0.15, 0.2) is 0 Å². The molecule has 4 heterocycles. The van der Waals surface area contributed by atoms with Gasteiger partial charge in [-0.05, 0) is 130 Å². The normalized spacial score (nSPS) is 12.3. The summed E-state index contributed by atoms with van der Waals surface area (Å²) >= 11 is 0. The molecule has 0 spiro atoms. The quantitative estimate of drug-likeness (QED) is 0.122. The van der Waals surface area contributed by atoms with Crippen LogP contribution in [0.4, 0.5) is 34.1 Å². The van der Waals surface area contributed by atoms with Crippen molar-refractivity contribution in [3.63, 3.8) is 0 Å². The van der Waals surface area contributed by atoms with E-state index in [0.29, 0.717) is 0 Å². The predicted octanol–water partition coefficient (Wildman–Crippen LogP) is 19.0. The Morgan fingerprint density at radius 2 is 0.593 bits per heavy atom. The molecule has 0 unspecified atom stereocenters. The zero-order valence-corrected chi connectivity index (χ0v) is 44.2. The van der Waals surface area contributed by atoms with Gasteiger partial charge in [0.25, 0.3) is 0 Å². The van der Waals surface area contributed by atoms with Crippen LogP contribution in [-0.2, 0) is 5.41 Å². The number of pyridine rings is 2. The lowest BCUT2D eigenvalue weighted by atomic mass is 9.67. The fourth-order valence-corrected chi connectivity index (χ4v) is 12.5. The van der Waals surface area contributed by atoms with E-state index in [-0.39, 0.29) is 0 Å². The first-order chi connectivity index (χ1) is 40.2. The van der Waals surface area contributed by atoms with E-state index in [2.05, 4.69) is 322 Å². The first-order valence-corrected chi connectivity index (χ1v) is 27.6. The van der Waals surface area contributed by atoms with E-state index in [4.69, 9.17) is 9.97 Å². The number of anilines is 6. The topological polar surface area (TPSA) is 41.1 Å². The van der Waals surface area contributed by atoms with Crippen molar-refractivity contribution in [2.45, 2.75) is 5.41 Å². The maximum absolute atomic E-state index is 5.21. The molecule has 0 atom stereocenters. The highest BCUT2D eigenvalue weighted by Gasteiger charge is 2.47. The van der Waals surface area contributed by atoms with Crippen LogP contribution >= 0.6 is 0 Å². The van der Waals surface area contributed by atoms with E-state index in [9.17, 15) is 0 Å². The SMILES string of the molecule is c1ccc(-c2c(-c3ccc(N(c4ccccc4)c4ccc5c(c4)C(c4ccccc4)(c4ccccc4)c4cc(N(c6ccccc6)c6ccc(-c7nc8ccccn8c7-c7ccccc7)cc6)ccc4-5)cc3)nc3ccccn23)cc1. The Kier molecular flexibility index (Phi) is 11.6. The molecule has 10 aromatic carbocycles. The number of para-hydroxylation sites is 2. The molecule has 0 fully saturated rings. The highest BCUT2D eigenvalue weighted by atomic mass is 15.1. The number of hydrogen-bond acceptors (Lipinski definition) is 4. The van der Waals surface area contributed by atoms with Gasteiger partial charge in [-0.3, -0.25) is 8.80 Å². The van der Waals surface area contributed by atoms with Crippen LogP contribution in [0.15, 0.2) is 316 Å². The third kappa shape index (κ3) is 8.03. The van der Waals surface area contributed by atoms with Crippen LogP contribution in [-0.4, -0.2) is 18.8 Å². The van der Waals surface area contributed by atoms with Gasteiger partial charge in [0.05, 0.1) is 28.2 Å². The van der Waals surface area contributed by atoms with Gasteiger partial charge in [0.2, 0.25) is 0 Å².